The predicted molar refractivity (Wildman–Crippen MR) is 87.2 cm³/mol. The van der Waals surface area contributed by atoms with Crippen molar-refractivity contribution in [3.8, 4) is 0 Å². The third kappa shape index (κ3) is 7.88. The summed E-state index contributed by atoms with van der Waals surface area (Å²) in [7, 11) is 0. The Morgan fingerprint density at radius 1 is 0.950 bits per heavy atom. The Hall–Kier alpha value is -0.570. The number of furan rings is 1. The molecule has 0 spiro atoms. The molecular weight excluding hydrogens is 316 g/mol. The van der Waals surface area contributed by atoms with Gasteiger partial charge in [0.2, 0.25) is 0 Å². The molecule has 1 aromatic heterocycles. The van der Waals surface area contributed by atoms with Crippen LogP contribution in [0, 0.1) is 0 Å². The number of Topliss-reactive ketones (excluding diaryl/α,β-unsaturated/α-hetero) is 1. The zero-order chi connectivity index (χ0) is 14.6. The van der Waals surface area contributed by atoms with Gasteiger partial charge in [0.25, 0.3) is 0 Å². The van der Waals surface area contributed by atoms with E-state index in [9.17, 15) is 4.79 Å². The number of halogens is 1. The number of unbranched alkanes of at least 4 members (excludes halogenated alkanes) is 9. The van der Waals surface area contributed by atoms with Crippen molar-refractivity contribution in [1.29, 1.82) is 0 Å². The molecule has 0 radical (unpaired) electrons. The molecule has 20 heavy (non-hydrogen) atoms. The summed E-state index contributed by atoms with van der Waals surface area (Å²) < 4.78 is 5.88. The molecule has 0 fully saturated rings. The lowest BCUT2D eigenvalue weighted by Crippen LogP contribution is -1.96. The highest BCUT2D eigenvalue weighted by Gasteiger charge is 2.09. The van der Waals surface area contributed by atoms with E-state index in [-0.39, 0.29) is 5.78 Å². The zero-order valence-electron chi connectivity index (χ0n) is 12.6. The second-order valence-corrected chi connectivity index (χ2v) is 6.24. The van der Waals surface area contributed by atoms with Gasteiger partial charge in [0, 0.05) is 6.42 Å². The zero-order valence-corrected chi connectivity index (χ0v) is 14.2. The van der Waals surface area contributed by atoms with Gasteiger partial charge in [0.15, 0.2) is 16.2 Å². The van der Waals surface area contributed by atoms with Gasteiger partial charge in [-0.15, -0.1) is 0 Å². The lowest BCUT2D eigenvalue weighted by atomic mass is 10.0. The summed E-state index contributed by atoms with van der Waals surface area (Å²) in [6, 6.07) is 3.51. The second kappa shape index (κ2) is 11.1. The number of hydrogen-bond acceptors (Lipinski definition) is 2. The van der Waals surface area contributed by atoms with Crippen LogP contribution in [0.1, 0.15) is 88.1 Å². The topological polar surface area (TPSA) is 30.2 Å². The van der Waals surface area contributed by atoms with Crippen LogP contribution in [0.25, 0.3) is 0 Å². The molecule has 2 nitrogen and oxygen atoms in total. The van der Waals surface area contributed by atoms with Gasteiger partial charge in [-0.25, -0.2) is 0 Å². The number of carbonyl (C=O) groups excluding carboxylic acids is 1. The lowest BCUT2D eigenvalue weighted by Gasteiger charge is -2.01. The first-order valence-electron chi connectivity index (χ1n) is 8.02. The van der Waals surface area contributed by atoms with E-state index in [1.54, 1.807) is 12.1 Å². The average Bonchev–Trinajstić information content (AvgIpc) is 2.87. The van der Waals surface area contributed by atoms with Gasteiger partial charge < -0.3 is 4.42 Å². The van der Waals surface area contributed by atoms with Gasteiger partial charge in [-0.3, -0.25) is 4.79 Å². The second-order valence-electron chi connectivity index (χ2n) is 5.46. The van der Waals surface area contributed by atoms with E-state index < -0.39 is 0 Å². The Morgan fingerprint density at radius 2 is 1.50 bits per heavy atom. The first kappa shape index (κ1) is 17.5. The van der Waals surface area contributed by atoms with Crippen LogP contribution in [0.4, 0.5) is 0 Å². The smallest absolute Gasteiger partial charge is 0.198 e. The molecule has 0 aliphatic heterocycles. The molecule has 0 unspecified atom stereocenters. The van der Waals surface area contributed by atoms with Crippen molar-refractivity contribution in [1.82, 2.24) is 0 Å². The van der Waals surface area contributed by atoms with Crippen molar-refractivity contribution >= 4 is 21.7 Å². The van der Waals surface area contributed by atoms with Crippen molar-refractivity contribution in [3.63, 3.8) is 0 Å². The fourth-order valence-electron chi connectivity index (χ4n) is 2.36. The third-order valence-corrected chi connectivity index (χ3v) is 4.03. The van der Waals surface area contributed by atoms with Crippen LogP contribution in [0.15, 0.2) is 21.2 Å². The standard InChI is InChI=1S/C17H27BrO2/c1-2-3-4-5-6-7-8-9-10-11-12-15(19)16-13-14-17(18)20-16/h13-14H,2-12H2,1H3. The Labute approximate surface area is 131 Å². The van der Waals surface area contributed by atoms with E-state index in [0.29, 0.717) is 16.9 Å². The fourth-order valence-corrected chi connectivity index (χ4v) is 2.67. The number of hydrogen-bond donors (Lipinski definition) is 0. The molecule has 0 aromatic carbocycles. The normalized spacial score (nSPS) is 10.9. The van der Waals surface area contributed by atoms with Crippen molar-refractivity contribution in [2.24, 2.45) is 0 Å². The number of rotatable bonds is 12. The predicted octanol–water partition coefficient (Wildman–Crippen LogP) is 6.54. The van der Waals surface area contributed by atoms with Gasteiger partial charge in [0.1, 0.15) is 0 Å². The highest BCUT2D eigenvalue weighted by atomic mass is 79.9. The first-order valence-corrected chi connectivity index (χ1v) is 8.82. The van der Waals surface area contributed by atoms with Gasteiger partial charge in [0.05, 0.1) is 0 Å². The molecule has 3 heteroatoms. The van der Waals surface area contributed by atoms with Crippen molar-refractivity contribution < 1.29 is 9.21 Å². The number of carbonyl (C=O) groups is 1. The minimum absolute atomic E-state index is 0.121. The van der Waals surface area contributed by atoms with Crippen LogP contribution in [-0.4, -0.2) is 5.78 Å². The van der Waals surface area contributed by atoms with E-state index in [0.717, 1.165) is 12.8 Å². The average molecular weight is 343 g/mol. The summed E-state index contributed by atoms with van der Waals surface area (Å²) >= 11 is 3.21. The molecule has 1 heterocycles. The molecule has 0 aliphatic rings. The maximum atomic E-state index is 11.8. The van der Waals surface area contributed by atoms with Gasteiger partial charge >= 0.3 is 0 Å². The summed E-state index contributed by atoms with van der Waals surface area (Å²) in [5.74, 6) is 0.600. The molecule has 0 atom stereocenters. The van der Waals surface area contributed by atoms with E-state index >= 15 is 0 Å². The largest absolute Gasteiger partial charge is 0.446 e. The molecule has 0 saturated carbocycles. The van der Waals surface area contributed by atoms with Gasteiger partial charge in [-0.1, -0.05) is 64.7 Å². The Balaban J connectivity index is 1.91. The summed E-state index contributed by atoms with van der Waals surface area (Å²) in [6.07, 6.45) is 13.5. The third-order valence-electron chi connectivity index (χ3n) is 3.61. The van der Waals surface area contributed by atoms with E-state index in [2.05, 4.69) is 22.9 Å². The quantitative estimate of drug-likeness (QED) is 0.319. The van der Waals surface area contributed by atoms with Crippen LogP contribution >= 0.6 is 15.9 Å². The van der Waals surface area contributed by atoms with Gasteiger partial charge in [-0.05, 0) is 34.5 Å². The Morgan fingerprint density at radius 3 is 2.00 bits per heavy atom. The summed E-state index contributed by atoms with van der Waals surface area (Å²) in [5, 5.41) is 0. The molecule has 114 valence electrons. The highest BCUT2D eigenvalue weighted by molar-refractivity contribution is 9.10. The summed E-state index contributed by atoms with van der Waals surface area (Å²) in [4.78, 5) is 11.8. The van der Waals surface area contributed by atoms with Crippen LogP contribution in [0.3, 0.4) is 0 Å². The minimum atomic E-state index is 0.121. The van der Waals surface area contributed by atoms with Crippen molar-refractivity contribution in [2.45, 2.75) is 77.6 Å². The monoisotopic (exact) mass is 342 g/mol. The SMILES string of the molecule is CCCCCCCCCCCCC(=O)c1ccc(Br)o1. The maximum Gasteiger partial charge on any atom is 0.198 e. The van der Waals surface area contributed by atoms with E-state index in [4.69, 9.17) is 4.42 Å². The number of ketones is 1. The fraction of sp³-hybridized carbons (Fsp3) is 0.706. The molecule has 0 bridgehead atoms. The molecular formula is C17H27BrO2. The van der Waals surface area contributed by atoms with E-state index in [1.807, 2.05) is 0 Å². The molecule has 0 amide bonds. The maximum absolute atomic E-state index is 11.8. The highest BCUT2D eigenvalue weighted by Crippen LogP contribution is 2.17. The van der Waals surface area contributed by atoms with Gasteiger partial charge in [-0.2, -0.15) is 0 Å². The molecule has 0 saturated heterocycles. The first-order chi connectivity index (χ1) is 9.74. The van der Waals surface area contributed by atoms with Crippen LogP contribution in [-0.2, 0) is 0 Å². The Bertz CT molecular complexity index is 371. The van der Waals surface area contributed by atoms with E-state index in [1.165, 1.54) is 51.4 Å². The van der Waals surface area contributed by atoms with Crippen LogP contribution < -0.4 is 0 Å². The minimum Gasteiger partial charge on any atom is -0.446 e. The van der Waals surface area contributed by atoms with Crippen LogP contribution in [0.5, 0.6) is 0 Å². The molecule has 0 aliphatic carbocycles. The van der Waals surface area contributed by atoms with Crippen molar-refractivity contribution in [2.75, 3.05) is 0 Å². The summed E-state index contributed by atoms with van der Waals surface area (Å²) in [6.45, 7) is 2.25. The Kier molecular flexibility index (Phi) is 9.73. The summed E-state index contributed by atoms with van der Waals surface area (Å²) in [5.41, 5.74) is 0. The molecule has 1 rings (SSSR count). The lowest BCUT2D eigenvalue weighted by molar-refractivity contribution is 0.0951. The molecule has 0 N–H and O–H groups in total. The molecule has 1 aromatic rings. The van der Waals surface area contributed by atoms with Crippen LogP contribution in [0.2, 0.25) is 0 Å². The van der Waals surface area contributed by atoms with Crippen molar-refractivity contribution in [3.05, 3.63) is 22.6 Å².